The van der Waals surface area contributed by atoms with E-state index in [9.17, 15) is 14.9 Å². The summed E-state index contributed by atoms with van der Waals surface area (Å²) in [5, 5.41) is 17.8. The SMILES string of the molecule is CC1(Nc2ncc([N+](=O)[O-])c(N[C@H]3CC[C@H](C(N)=O)CC3)n2)CCCC1. The molecule has 4 N–H and O–H groups in total. The van der Waals surface area contributed by atoms with Crippen molar-refractivity contribution in [1.29, 1.82) is 0 Å². The fraction of sp³-hybridized carbons (Fsp3) is 0.706. The third kappa shape index (κ3) is 4.20. The Morgan fingerprint density at radius 3 is 2.54 bits per heavy atom. The van der Waals surface area contributed by atoms with Crippen molar-refractivity contribution in [3.05, 3.63) is 16.3 Å². The summed E-state index contributed by atoms with van der Waals surface area (Å²) in [5.41, 5.74) is 5.16. The minimum absolute atomic E-state index is 0.0362. The lowest BCUT2D eigenvalue weighted by molar-refractivity contribution is -0.384. The Hall–Kier alpha value is -2.45. The Kier molecular flexibility index (Phi) is 5.24. The first-order valence-corrected chi connectivity index (χ1v) is 9.22. The van der Waals surface area contributed by atoms with Crippen LogP contribution in [0.4, 0.5) is 17.5 Å². The van der Waals surface area contributed by atoms with Crippen LogP contribution in [0.25, 0.3) is 0 Å². The molecule has 1 aromatic rings. The molecule has 1 heterocycles. The number of carbonyl (C=O) groups excluding carboxylic acids is 1. The molecule has 0 unspecified atom stereocenters. The molecule has 2 aliphatic carbocycles. The van der Waals surface area contributed by atoms with Crippen molar-refractivity contribution in [1.82, 2.24) is 9.97 Å². The molecule has 1 aromatic heterocycles. The number of primary amides is 1. The number of hydrogen-bond donors (Lipinski definition) is 3. The van der Waals surface area contributed by atoms with Crippen molar-refractivity contribution in [2.75, 3.05) is 10.6 Å². The van der Waals surface area contributed by atoms with Gasteiger partial charge in [0.2, 0.25) is 17.7 Å². The van der Waals surface area contributed by atoms with E-state index in [0.29, 0.717) is 18.8 Å². The van der Waals surface area contributed by atoms with Crippen molar-refractivity contribution in [2.24, 2.45) is 11.7 Å². The van der Waals surface area contributed by atoms with Gasteiger partial charge in [-0.05, 0) is 45.4 Å². The Labute approximate surface area is 152 Å². The fourth-order valence-electron chi connectivity index (χ4n) is 3.94. The van der Waals surface area contributed by atoms with Gasteiger partial charge in [0.15, 0.2) is 0 Å². The molecule has 0 aromatic carbocycles. The molecule has 2 fully saturated rings. The molecule has 3 rings (SSSR count). The predicted molar refractivity (Wildman–Crippen MR) is 97.7 cm³/mol. The standard InChI is InChI=1S/C17H26N6O3/c1-17(8-2-3-9-17)22-16-19-10-13(23(25)26)15(21-16)20-12-6-4-11(5-7-12)14(18)24/h10-12H,2-9H2,1H3,(H2,18,24)(H2,19,20,21,22)/t11-,12-. The van der Waals surface area contributed by atoms with E-state index in [-0.39, 0.29) is 34.9 Å². The van der Waals surface area contributed by atoms with Crippen molar-refractivity contribution in [3.63, 3.8) is 0 Å². The summed E-state index contributed by atoms with van der Waals surface area (Å²) >= 11 is 0. The highest BCUT2D eigenvalue weighted by Gasteiger charge is 2.31. The summed E-state index contributed by atoms with van der Waals surface area (Å²) in [6, 6.07) is 0.0362. The smallest absolute Gasteiger partial charge is 0.329 e. The van der Waals surface area contributed by atoms with Crippen LogP contribution in [0.3, 0.4) is 0 Å². The molecule has 2 saturated carbocycles. The molecule has 26 heavy (non-hydrogen) atoms. The molecule has 0 atom stereocenters. The fourth-order valence-corrected chi connectivity index (χ4v) is 3.94. The average Bonchev–Trinajstić information content (AvgIpc) is 3.01. The summed E-state index contributed by atoms with van der Waals surface area (Å²) in [6.45, 7) is 2.13. The van der Waals surface area contributed by atoms with Crippen LogP contribution in [0.1, 0.15) is 58.3 Å². The molecule has 2 aliphatic rings. The average molecular weight is 362 g/mol. The number of nitrogens with one attached hydrogen (secondary N) is 2. The van der Waals surface area contributed by atoms with Crippen LogP contribution in [-0.4, -0.2) is 32.4 Å². The van der Waals surface area contributed by atoms with Crippen LogP contribution in [0, 0.1) is 16.0 Å². The second-order valence-electron chi connectivity index (χ2n) is 7.67. The number of rotatable bonds is 6. The Morgan fingerprint density at radius 1 is 1.31 bits per heavy atom. The van der Waals surface area contributed by atoms with Gasteiger partial charge in [-0.1, -0.05) is 12.8 Å². The van der Waals surface area contributed by atoms with Crippen LogP contribution < -0.4 is 16.4 Å². The quantitative estimate of drug-likeness (QED) is 0.522. The third-order valence-electron chi connectivity index (χ3n) is 5.56. The van der Waals surface area contributed by atoms with E-state index in [4.69, 9.17) is 5.73 Å². The molecule has 142 valence electrons. The number of aromatic nitrogens is 2. The summed E-state index contributed by atoms with van der Waals surface area (Å²) in [7, 11) is 0. The molecule has 0 saturated heterocycles. The number of nitrogens with two attached hydrogens (primary N) is 1. The van der Waals surface area contributed by atoms with Crippen molar-refractivity contribution in [3.8, 4) is 0 Å². The number of carbonyl (C=O) groups is 1. The van der Waals surface area contributed by atoms with Gasteiger partial charge >= 0.3 is 5.69 Å². The Morgan fingerprint density at radius 2 is 1.96 bits per heavy atom. The first kappa shape index (κ1) is 18.3. The second-order valence-corrected chi connectivity index (χ2v) is 7.67. The van der Waals surface area contributed by atoms with Crippen LogP contribution >= 0.6 is 0 Å². The third-order valence-corrected chi connectivity index (χ3v) is 5.56. The zero-order chi connectivity index (χ0) is 18.7. The maximum Gasteiger partial charge on any atom is 0.329 e. The highest BCUT2D eigenvalue weighted by molar-refractivity contribution is 5.76. The number of nitro groups is 1. The molecule has 0 spiro atoms. The van der Waals surface area contributed by atoms with Crippen LogP contribution in [0.15, 0.2) is 6.20 Å². The van der Waals surface area contributed by atoms with Gasteiger partial charge < -0.3 is 16.4 Å². The lowest BCUT2D eigenvalue weighted by Gasteiger charge is -2.28. The van der Waals surface area contributed by atoms with Gasteiger partial charge in [-0.15, -0.1) is 0 Å². The van der Waals surface area contributed by atoms with E-state index in [1.54, 1.807) is 0 Å². The van der Waals surface area contributed by atoms with Crippen LogP contribution in [0.2, 0.25) is 0 Å². The zero-order valence-electron chi connectivity index (χ0n) is 15.0. The highest BCUT2D eigenvalue weighted by atomic mass is 16.6. The van der Waals surface area contributed by atoms with E-state index in [2.05, 4.69) is 27.5 Å². The molecule has 0 aliphatic heterocycles. The normalized spacial score (nSPS) is 24.8. The monoisotopic (exact) mass is 362 g/mol. The summed E-state index contributed by atoms with van der Waals surface area (Å²) in [6.07, 6.45) is 8.48. The molecule has 9 nitrogen and oxygen atoms in total. The highest BCUT2D eigenvalue weighted by Crippen LogP contribution is 2.33. The Balaban J connectivity index is 1.73. The van der Waals surface area contributed by atoms with E-state index in [0.717, 1.165) is 38.5 Å². The van der Waals surface area contributed by atoms with Gasteiger partial charge in [0, 0.05) is 17.5 Å². The molecule has 9 heteroatoms. The maximum absolute atomic E-state index is 11.3. The number of hydrogen-bond acceptors (Lipinski definition) is 7. The summed E-state index contributed by atoms with van der Waals surface area (Å²) in [5.74, 6) is 0.269. The molecular weight excluding hydrogens is 336 g/mol. The maximum atomic E-state index is 11.3. The van der Waals surface area contributed by atoms with Crippen LogP contribution in [0.5, 0.6) is 0 Å². The first-order valence-electron chi connectivity index (χ1n) is 9.22. The Bertz CT molecular complexity index is 681. The lowest BCUT2D eigenvalue weighted by Crippen LogP contribution is -2.33. The van der Waals surface area contributed by atoms with E-state index < -0.39 is 4.92 Å². The molecule has 1 amide bonds. The predicted octanol–water partition coefficient (Wildman–Crippen LogP) is 2.59. The summed E-state index contributed by atoms with van der Waals surface area (Å²) in [4.78, 5) is 30.7. The van der Waals surface area contributed by atoms with Crippen molar-refractivity contribution < 1.29 is 9.72 Å². The zero-order valence-corrected chi connectivity index (χ0v) is 15.0. The number of anilines is 2. The largest absolute Gasteiger partial charge is 0.369 e. The number of nitrogens with zero attached hydrogens (tertiary/aromatic N) is 3. The summed E-state index contributed by atoms with van der Waals surface area (Å²) < 4.78 is 0. The van der Waals surface area contributed by atoms with Gasteiger partial charge in [-0.3, -0.25) is 14.9 Å². The topological polar surface area (TPSA) is 136 Å². The number of amides is 1. The van der Waals surface area contributed by atoms with Gasteiger partial charge in [0.1, 0.15) is 6.20 Å². The lowest BCUT2D eigenvalue weighted by atomic mass is 9.85. The van der Waals surface area contributed by atoms with Gasteiger partial charge in [0.25, 0.3) is 0 Å². The minimum atomic E-state index is -0.474. The first-order chi connectivity index (χ1) is 12.4. The molecular formula is C17H26N6O3. The van der Waals surface area contributed by atoms with E-state index in [1.165, 1.54) is 6.20 Å². The van der Waals surface area contributed by atoms with E-state index >= 15 is 0 Å². The van der Waals surface area contributed by atoms with Crippen molar-refractivity contribution in [2.45, 2.75) is 69.9 Å². The van der Waals surface area contributed by atoms with Gasteiger partial charge in [-0.2, -0.15) is 4.98 Å². The minimum Gasteiger partial charge on any atom is -0.369 e. The molecule has 0 bridgehead atoms. The van der Waals surface area contributed by atoms with Gasteiger partial charge in [-0.25, -0.2) is 4.98 Å². The van der Waals surface area contributed by atoms with Crippen LogP contribution in [-0.2, 0) is 4.79 Å². The van der Waals surface area contributed by atoms with Gasteiger partial charge in [0.05, 0.1) is 4.92 Å². The molecule has 0 radical (unpaired) electrons. The second kappa shape index (κ2) is 7.43. The van der Waals surface area contributed by atoms with Crippen molar-refractivity contribution >= 4 is 23.4 Å². The van der Waals surface area contributed by atoms with E-state index in [1.807, 2.05) is 0 Å².